The Morgan fingerprint density at radius 1 is 1.26 bits per heavy atom. The fraction of sp³-hybridized carbons (Fsp3) is 0.333. The lowest BCUT2D eigenvalue weighted by molar-refractivity contribution is -0.144. The topological polar surface area (TPSA) is 61.0 Å². The van der Waals surface area contributed by atoms with Crippen molar-refractivity contribution in [1.29, 1.82) is 0 Å². The number of nitrogens with one attached hydrogen (secondary N) is 2. The van der Waals surface area contributed by atoms with Gasteiger partial charge in [-0.1, -0.05) is 12.1 Å². The molecule has 0 unspecified atom stereocenters. The Hall–Kier alpha value is -2.51. The summed E-state index contributed by atoms with van der Waals surface area (Å²) in [5.74, 6) is -0.651. The summed E-state index contributed by atoms with van der Waals surface area (Å²) in [7, 11) is 0. The van der Waals surface area contributed by atoms with Gasteiger partial charge in [0.25, 0.3) is 5.91 Å². The van der Waals surface area contributed by atoms with Gasteiger partial charge in [-0.2, -0.15) is 18.3 Å². The summed E-state index contributed by atoms with van der Waals surface area (Å²) >= 11 is 0. The Morgan fingerprint density at radius 3 is 2.57 bits per heavy atom. The molecule has 2 aromatic rings. The third-order valence-corrected chi connectivity index (χ3v) is 3.83. The minimum atomic E-state index is -4.49. The number of hydrogen-bond acceptors (Lipinski definition) is 3. The van der Waals surface area contributed by atoms with Crippen LogP contribution in [0.1, 0.15) is 33.5 Å². The van der Waals surface area contributed by atoms with Gasteiger partial charge in [0.2, 0.25) is 0 Å². The van der Waals surface area contributed by atoms with Crippen LogP contribution < -0.4 is 5.32 Å². The molecule has 1 aromatic heterocycles. The highest BCUT2D eigenvalue weighted by Gasteiger charge is 2.41. The highest BCUT2D eigenvalue weighted by atomic mass is 19.4. The number of fused-ring (bicyclic) bond motifs is 1. The molecule has 0 fully saturated rings. The number of carbonyl (C=O) groups is 1. The summed E-state index contributed by atoms with van der Waals surface area (Å²) < 4.78 is 38.9. The lowest BCUT2D eigenvalue weighted by Gasteiger charge is -2.38. The molecule has 1 aromatic carbocycles. The van der Waals surface area contributed by atoms with Crippen molar-refractivity contribution in [3.8, 4) is 0 Å². The van der Waals surface area contributed by atoms with Crippen molar-refractivity contribution in [2.24, 2.45) is 0 Å². The van der Waals surface area contributed by atoms with Crippen molar-refractivity contribution in [2.75, 3.05) is 11.9 Å². The molecule has 0 saturated carbocycles. The lowest BCUT2D eigenvalue weighted by Crippen LogP contribution is -2.47. The summed E-state index contributed by atoms with van der Waals surface area (Å²) in [6.45, 7) is 2.08. The number of para-hydroxylation sites is 1. The van der Waals surface area contributed by atoms with Crippen LogP contribution in [-0.2, 0) is 0 Å². The molecule has 23 heavy (non-hydrogen) atoms. The van der Waals surface area contributed by atoms with E-state index in [9.17, 15) is 18.0 Å². The SMILES string of the molecule is Cc1n[nH]c(C)c1[C@@H]1Nc2ccccc2C(=O)N1CC(F)(F)F. The first kappa shape index (κ1) is 15.4. The first-order valence-electron chi connectivity index (χ1n) is 7.02. The zero-order valence-corrected chi connectivity index (χ0v) is 12.5. The van der Waals surface area contributed by atoms with Gasteiger partial charge < -0.3 is 10.2 Å². The standard InChI is InChI=1S/C15H15F3N4O/c1-8-12(9(2)21-20-8)13-19-11-6-4-3-5-10(11)14(23)22(13)7-15(16,17)18/h3-6,13,19H,7H2,1-2H3,(H,20,21)/t13-/m1/s1. The highest BCUT2D eigenvalue weighted by molar-refractivity contribution is 6.01. The van der Waals surface area contributed by atoms with Crippen LogP contribution in [0.25, 0.3) is 0 Å². The summed E-state index contributed by atoms with van der Waals surface area (Å²) in [5.41, 5.74) is 2.48. The molecule has 1 atom stereocenters. The number of amides is 1. The van der Waals surface area contributed by atoms with Crippen LogP contribution in [0, 0.1) is 13.8 Å². The fourth-order valence-electron chi connectivity index (χ4n) is 2.84. The van der Waals surface area contributed by atoms with Crippen LogP contribution in [0.3, 0.4) is 0 Å². The van der Waals surface area contributed by atoms with Crippen LogP contribution in [0.5, 0.6) is 0 Å². The molecule has 2 heterocycles. The first-order chi connectivity index (χ1) is 10.8. The third-order valence-electron chi connectivity index (χ3n) is 3.83. The number of halogens is 3. The van der Waals surface area contributed by atoms with Crippen LogP contribution in [0.2, 0.25) is 0 Å². The van der Waals surface area contributed by atoms with E-state index in [1.54, 1.807) is 32.0 Å². The average molecular weight is 324 g/mol. The Bertz CT molecular complexity index is 734. The number of carbonyl (C=O) groups excluding carboxylic acids is 1. The van der Waals surface area contributed by atoms with Crippen LogP contribution in [0.15, 0.2) is 24.3 Å². The van der Waals surface area contributed by atoms with Crippen molar-refractivity contribution < 1.29 is 18.0 Å². The third kappa shape index (κ3) is 2.76. The Kier molecular flexibility index (Phi) is 3.54. The van der Waals surface area contributed by atoms with Crippen molar-refractivity contribution in [3.63, 3.8) is 0 Å². The number of anilines is 1. The summed E-state index contributed by atoms with van der Waals surface area (Å²) in [5, 5.41) is 9.80. The van der Waals surface area contributed by atoms with E-state index in [0.717, 1.165) is 4.90 Å². The predicted octanol–water partition coefficient (Wildman–Crippen LogP) is 3.16. The molecule has 2 N–H and O–H groups in total. The van der Waals surface area contributed by atoms with Gasteiger partial charge in [-0.05, 0) is 26.0 Å². The molecule has 3 rings (SSSR count). The minimum absolute atomic E-state index is 0.229. The van der Waals surface area contributed by atoms with Crippen molar-refractivity contribution in [1.82, 2.24) is 15.1 Å². The van der Waals surface area contributed by atoms with Gasteiger partial charge in [-0.25, -0.2) is 0 Å². The molecule has 1 amide bonds. The fourth-order valence-corrected chi connectivity index (χ4v) is 2.84. The van der Waals surface area contributed by atoms with E-state index >= 15 is 0 Å². The van der Waals surface area contributed by atoms with Gasteiger partial charge in [0, 0.05) is 16.9 Å². The van der Waals surface area contributed by atoms with Crippen molar-refractivity contribution in [3.05, 3.63) is 46.8 Å². The van der Waals surface area contributed by atoms with Gasteiger partial charge in [0.05, 0.1) is 11.3 Å². The second-order valence-electron chi connectivity index (χ2n) is 5.49. The van der Waals surface area contributed by atoms with Crippen LogP contribution in [0.4, 0.5) is 18.9 Å². The number of aryl methyl sites for hydroxylation is 2. The van der Waals surface area contributed by atoms with Gasteiger partial charge >= 0.3 is 6.18 Å². The molecule has 0 radical (unpaired) electrons. The zero-order chi connectivity index (χ0) is 16.8. The van der Waals surface area contributed by atoms with E-state index in [1.807, 2.05) is 0 Å². The van der Waals surface area contributed by atoms with Gasteiger partial charge in [0.15, 0.2) is 0 Å². The summed E-state index contributed by atoms with van der Waals surface area (Å²) in [6.07, 6.45) is -5.41. The molecule has 0 spiro atoms. The van der Waals surface area contributed by atoms with Crippen molar-refractivity contribution in [2.45, 2.75) is 26.2 Å². The number of H-pyrrole nitrogens is 1. The highest BCUT2D eigenvalue weighted by Crippen LogP contribution is 2.36. The van der Waals surface area contributed by atoms with E-state index in [1.165, 1.54) is 6.07 Å². The molecule has 5 nitrogen and oxygen atoms in total. The molecule has 8 heteroatoms. The normalized spacial score (nSPS) is 17.9. The van der Waals surface area contributed by atoms with Gasteiger partial charge in [0.1, 0.15) is 12.7 Å². The van der Waals surface area contributed by atoms with E-state index < -0.39 is 24.8 Å². The van der Waals surface area contributed by atoms with Crippen molar-refractivity contribution >= 4 is 11.6 Å². The van der Waals surface area contributed by atoms with E-state index in [-0.39, 0.29) is 5.56 Å². The number of aromatic amines is 1. The quantitative estimate of drug-likeness (QED) is 0.892. The summed E-state index contributed by atoms with van der Waals surface area (Å²) in [4.78, 5) is 13.4. The maximum atomic E-state index is 13.0. The maximum Gasteiger partial charge on any atom is 0.406 e. The van der Waals surface area contributed by atoms with E-state index in [2.05, 4.69) is 15.5 Å². The molecular weight excluding hydrogens is 309 g/mol. The Morgan fingerprint density at radius 2 is 1.96 bits per heavy atom. The first-order valence-corrected chi connectivity index (χ1v) is 7.02. The second kappa shape index (κ2) is 5.29. The van der Waals surface area contributed by atoms with Gasteiger partial charge in [-0.3, -0.25) is 9.89 Å². The van der Waals surface area contributed by atoms with Gasteiger partial charge in [-0.15, -0.1) is 0 Å². The summed E-state index contributed by atoms with van der Waals surface area (Å²) in [6, 6.07) is 6.54. The molecule has 122 valence electrons. The van der Waals surface area contributed by atoms with Crippen LogP contribution >= 0.6 is 0 Å². The van der Waals surface area contributed by atoms with Crippen LogP contribution in [-0.4, -0.2) is 33.7 Å². The number of alkyl halides is 3. The Balaban J connectivity index is 2.10. The number of hydrogen-bond donors (Lipinski definition) is 2. The molecule has 0 bridgehead atoms. The molecular formula is C15H15F3N4O. The predicted molar refractivity (Wildman–Crippen MR) is 78.0 cm³/mol. The average Bonchev–Trinajstić information content (AvgIpc) is 2.80. The largest absolute Gasteiger partial charge is 0.406 e. The molecule has 1 aliphatic heterocycles. The van der Waals surface area contributed by atoms with E-state index in [4.69, 9.17) is 0 Å². The smallest absolute Gasteiger partial charge is 0.361 e. The number of benzene rings is 1. The number of aromatic nitrogens is 2. The molecule has 0 aliphatic carbocycles. The molecule has 1 aliphatic rings. The monoisotopic (exact) mass is 324 g/mol. The number of nitrogens with zero attached hydrogens (tertiary/aromatic N) is 2. The molecule has 0 saturated heterocycles. The Labute approximate surface area is 130 Å². The zero-order valence-electron chi connectivity index (χ0n) is 12.5. The second-order valence-corrected chi connectivity index (χ2v) is 5.49. The van der Waals surface area contributed by atoms with E-state index in [0.29, 0.717) is 22.6 Å². The lowest BCUT2D eigenvalue weighted by atomic mass is 10.0. The number of rotatable bonds is 2. The maximum absolute atomic E-state index is 13.0. The minimum Gasteiger partial charge on any atom is -0.361 e.